The molecule has 0 aromatic heterocycles. The van der Waals surface area contributed by atoms with Gasteiger partial charge in [-0.1, -0.05) is 18.7 Å². The second-order valence-corrected chi connectivity index (χ2v) is 3.85. The molecule has 1 aromatic carbocycles. The molecule has 0 saturated heterocycles. The standard InChI is InChI=1S/C13H15F3O3/c1-9(2)19-12(17-3)18-8-10-4-6-11(7-5-10)13(14,15)16/h4-7,12H,1,8H2,2-3H3. The van der Waals surface area contributed by atoms with Crippen LogP contribution in [0.2, 0.25) is 0 Å². The third-order valence-electron chi connectivity index (χ3n) is 2.16. The van der Waals surface area contributed by atoms with E-state index in [2.05, 4.69) is 6.58 Å². The maximum atomic E-state index is 12.4. The van der Waals surface area contributed by atoms with Crippen molar-refractivity contribution in [3.8, 4) is 0 Å². The lowest BCUT2D eigenvalue weighted by Crippen LogP contribution is -2.18. The first kappa shape index (κ1) is 15.5. The predicted octanol–water partition coefficient (Wildman–Crippen LogP) is 3.70. The highest BCUT2D eigenvalue weighted by Crippen LogP contribution is 2.29. The Hall–Kier alpha value is -1.53. The first-order chi connectivity index (χ1) is 8.82. The van der Waals surface area contributed by atoms with Gasteiger partial charge in [-0.05, 0) is 24.6 Å². The second-order valence-electron chi connectivity index (χ2n) is 3.85. The Morgan fingerprint density at radius 3 is 2.26 bits per heavy atom. The largest absolute Gasteiger partial charge is 0.447 e. The van der Waals surface area contributed by atoms with Crippen LogP contribution in [0, 0.1) is 0 Å². The van der Waals surface area contributed by atoms with Gasteiger partial charge in [0.05, 0.1) is 17.9 Å². The summed E-state index contributed by atoms with van der Waals surface area (Å²) in [4.78, 5) is 0. The van der Waals surface area contributed by atoms with Gasteiger partial charge in [0.1, 0.15) is 0 Å². The summed E-state index contributed by atoms with van der Waals surface area (Å²) in [5.74, 6) is 0.416. The highest BCUT2D eigenvalue weighted by molar-refractivity contribution is 5.24. The van der Waals surface area contributed by atoms with Gasteiger partial charge in [0.2, 0.25) is 0 Å². The van der Waals surface area contributed by atoms with Gasteiger partial charge in [-0.25, -0.2) is 0 Å². The lowest BCUT2D eigenvalue weighted by Gasteiger charge is -2.17. The monoisotopic (exact) mass is 276 g/mol. The van der Waals surface area contributed by atoms with Crippen molar-refractivity contribution in [2.75, 3.05) is 7.11 Å². The molecule has 1 rings (SSSR count). The molecule has 0 aliphatic carbocycles. The Morgan fingerprint density at radius 1 is 1.26 bits per heavy atom. The van der Waals surface area contributed by atoms with Gasteiger partial charge >= 0.3 is 12.7 Å². The first-order valence-corrected chi connectivity index (χ1v) is 5.45. The van der Waals surface area contributed by atoms with Crippen LogP contribution in [0.25, 0.3) is 0 Å². The summed E-state index contributed by atoms with van der Waals surface area (Å²) in [7, 11) is 1.39. The summed E-state index contributed by atoms with van der Waals surface area (Å²) in [6, 6.07) is 4.69. The smallest absolute Gasteiger partial charge is 0.416 e. The van der Waals surface area contributed by atoms with Crippen molar-refractivity contribution in [3.63, 3.8) is 0 Å². The van der Waals surface area contributed by atoms with Crippen LogP contribution in [0.3, 0.4) is 0 Å². The van der Waals surface area contributed by atoms with Gasteiger partial charge in [-0.2, -0.15) is 13.2 Å². The average Bonchev–Trinajstić information content (AvgIpc) is 2.33. The number of alkyl halides is 3. The molecule has 6 heteroatoms. The molecule has 19 heavy (non-hydrogen) atoms. The molecule has 0 N–H and O–H groups in total. The molecule has 0 amide bonds. The summed E-state index contributed by atoms with van der Waals surface area (Å²) >= 11 is 0. The van der Waals surface area contributed by atoms with E-state index in [0.717, 1.165) is 12.1 Å². The second kappa shape index (κ2) is 6.58. The SMILES string of the molecule is C=C(C)OC(OC)OCc1ccc(C(F)(F)F)cc1. The minimum Gasteiger partial charge on any atom is -0.447 e. The fraction of sp³-hybridized carbons (Fsp3) is 0.385. The van der Waals surface area contributed by atoms with Crippen molar-refractivity contribution in [1.29, 1.82) is 0 Å². The zero-order valence-electron chi connectivity index (χ0n) is 10.7. The molecule has 1 aromatic rings. The molecule has 0 fully saturated rings. The molecule has 0 aliphatic rings. The Labute approximate surface area is 109 Å². The Kier molecular flexibility index (Phi) is 5.38. The molecule has 0 spiro atoms. The van der Waals surface area contributed by atoms with Crippen molar-refractivity contribution in [2.45, 2.75) is 26.2 Å². The van der Waals surface area contributed by atoms with Crippen LogP contribution >= 0.6 is 0 Å². The lowest BCUT2D eigenvalue weighted by atomic mass is 10.1. The highest BCUT2D eigenvalue weighted by atomic mass is 19.4. The number of methoxy groups -OCH3 is 1. The van der Waals surface area contributed by atoms with E-state index in [1.807, 2.05) is 0 Å². The Bertz CT molecular complexity index is 412. The van der Waals surface area contributed by atoms with E-state index >= 15 is 0 Å². The molecule has 1 unspecified atom stereocenters. The maximum absolute atomic E-state index is 12.4. The van der Waals surface area contributed by atoms with Crippen LogP contribution in [-0.4, -0.2) is 13.6 Å². The summed E-state index contributed by atoms with van der Waals surface area (Å²) in [6.07, 6.45) is -4.34. The molecule has 1 atom stereocenters. The van der Waals surface area contributed by atoms with Crippen LogP contribution < -0.4 is 0 Å². The quantitative estimate of drug-likeness (QED) is 0.585. The number of ether oxygens (including phenoxy) is 3. The van der Waals surface area contributed by atoms with Gasteiger partial charge in [0, 0.05) is 7.11 Å². The zero-order valence-corrected chi connectivity index (χ0v) is 10.7. The number of halogens is 3. The highest BCUT2D eigenvalue weighted by Gasteiger charge is 2.29. The van der Waals surface area contributed by atoms with Crippen LogP contribution in [0.4, 0.5) is 13.2 Å². The van der Waals surface area contributed by atoms with Crippen LogP contribution in [-0.2, 0) is 27.0 Å². The van der Waals surface area contributed by atoms with Crippen LogP contribution in [0.1, 0.15) is 18.1 Å². The fourth-order valence-electron chi connectivity index (χ4n) is 1.27. The predicted molar refractivity (Wildman–Crippen MR) is 62.9 cm³/mol. The number of rotatable bonds is 6. The lowest BCUT2D eigenvalue weighted by molar-refractivity contribution is -0.264. The molecular formula is C13H15F3O3. The zero-order chi connectivity index (χ0) is 14.5. The number of hydrogen-bond donors (Lipinski definition) is 0. The Balaban J connectivity index is 2.56. The van der Waals surface area contributed by atoms with Gasteiger partial charge in [-0.15, -0.1) is 0 Å². The van der Waals surface area contributed by atoms with E-state index in [1.54, 1.807) is 6.92 Å². The van der Waals surface area contributed by atoms with Crippen LogP contribution in [0.5, 0.6) is 0 Å². The van der Waals surface area contributed by atoms with Crippen molar-refractivity contribution in [2.24, 2.45) is 0 Å². The van der Waals surface area contributed by atoms with Gasteiger partial charge in [0.25, 0.3) is 0 Å². The number of allylic oxidation sites excluding steroid dienone is 1. The van der Waals surface area contributed by atoms with Gasteiger partial charge in [0.15, 0.2) is 0 Å². The van der Waals surface area contributed by atoms with Crippen LogP contribution in [0.15, 0.2) is 36.6 Å². The normalized spacial score (nSPS) is 13.1. The van der Waals surface area contributed by atoms with Crippen molar-refractivity contribution in [3.05, 3.63) is 47.7 Å². The molecule has 3 nitrogen and oxygen atoms in total. The maximum Gasteiger partial charge on any atom is 0.416 e. The van der Waals surface area contributed by atoms with Gasteiger partial charge in [-0.3, -0.25) is 0 Å². The summed E-state index contributed by atoms with van der Waals surface area (Å²) in [5, 5.41) is 0. The third-order valence-corrected chi connectivity index (χ3v) is 2.16. The van der Waals surface area contributed by atoms with E-state index in [1.165, 1.54) is 19.2 Å². The van der Waals surface area contributed by atoms with E-state index in [0.29, 0.717) is 11.3 Å². The topological polar surface area (TPSA) is 27.7 Å². The van der Waals surface area contributed by atoms with Crippen molar-refractivity contribution in [1.82, 2.24) is 0 Å². The van der Waals surface area contributed by atoms with E-state index < -0.39 is 18.2 Å². The average molecular weight is 276 g/mol. The summed E-state index contributed by atoms with van der Waals surface area (Å²) in [5.41, 5.74) is -0.113. The molecule has 0 saturated carbocycles. The van der Waals surface area contributed by atoms with E-state index in [9.17, 15) is 13.2 Å². The van der Waals surface area contributed by atoms with E-state index in [-0.39, 0.29) is 6.61 Å². The summed E-state index contributed by atoms with van der Waals surface area (Å²) in [6.45, 7) is 4.30. The first-order valence-electron chi connectivity index (χ1n) is 5.45. The fourth-order valence-corrected chi connectivity index (χ4v) is 1.27. The van der Waals surface area contributed by atoms with Crippen molar-refractivity contribution >= 4 is 0 Å². The minimum absolute atomic E-state index is 0.0733. The molecule has 0 bridgehead atoms. The number of benzene rings is 1. The number of hydrogen-bond acceptors (Lipinski definition) is 3. The third kappa shape index (κ3) is 5.32. The van der Waals surface area contributed by atoms with E-state index in [4.69, 9.17) is 14.2 Å². The molecule has 0 radical (unpaired) electrons. The summed E-state index contributed by atoms with van der Waals surface area (Å²) < 4.78 is 52.2. The molecule has 0 heterocycles. The molecule has 0 aliphatic heterocycles. The Morgan fingerprint density at radius 2 is 1.84 bits per heavy atom. The molecule has 106 valence electrons. The van der Waals surface area contributed by atoms with Gasteiger partial charge < -0.3 is 14.2 Å². The van der Waals surface area contributed by atoms with Crippen molar-refractivity contribution < 1.29 is 27.4 Å². The minimum atomic E-state index is -4.34. The molecular weight excluding hydrogens is 261 g/mol.